The molecule has 0 unspecified atom stereocenters. The Morgan fingerprint density at radius 3 is 1.40 bits per heavy atom. The zero-order valence-corrected chi connectivity index (χ0v) is 25.9. The van der Waals surface area contributed by atoms with E-state index in [0.29, 0.717) is 33.0 Å². The number of hydrogen-bond acceptors (Lipinski definition) is 5. The molecule has 5 atom stereocenters. The summed E-state index contributed by atoms with van der Waals surface area (Å²) >= 11 is 0. The molecule has 0 N–H and O–H groups in total. The fraction of sp³-hybridized carbons (Fsp3) is 0.306. The van der Waals surface area contributed by atoms with Gasteiger partial charge in [0.15, 0.2) is 6.10 Å². The van der Waals surface area contributed by atoms with Crippen molar-refractivity contribution in [3.05, 3.63) is 148 Å². The van der Waals surface area contributed by atoms with E-state index in [0.717, 1.165) is 22.3 Å². The van der Waals surface area contributed by atoms with E-state index in [9.17, 15) is 0 Å². The third-order valence-corrected chi connectivity index (χ3v) is 7.12. The molecule has 5 rings (SSSR count). The van der Waals surface area contributed by atoms with E-state index in [2.05, 4.69) is 23.0 Å². The maximum Gasteiger partial charge on any atom is 0.405 e. The van der Waals surface area contributed by atoms with Crippen molar-refractivity contribution in [1.29, 1.82) is 0 Å². The summed E-state index contributed by atoms with van der Waals surface area (Å²) in [7, 11) is 0. The average Bonchev–Trinajstić information content (AvgIpc) is 3.05. The highest BCUT2D eigenvalue weighted by molar-refractivity contribution is 5.17. The predicted octanol–water partition coefficient (Wildman–Crippen LogP) is 4.04. The van der Waals surface area contributed by atoms with Crippen LogP contribution in [0.15, 0.2) is 121 Å². The first-order valence-electron chi connectivity index (χ1n) is 14.4. The molecule has 0 aliphatic carbocycles. The second-order valence-corrected chi connectivity index (χ2v) is 10.2. The summed E-state index contributed by atoms with van der Waals surface area (Å²) in [6, 6.07) is 43.3. The number of halogens is 1. The molecule has 0 saturated carbocycles. The van der Waals surface area contributed by atoms with E-state index in [1.807, 2.05) is 109 Å². The van der Waals surface area contributed by atoms with E-state index in [4.69, 9.17) is 23.7 Å². The monoisotopic (exact) mass is 643 g/mol. The van der Waals surface area contributed by atoms with Gasteiger partial charge in [0, 0.05) is 0 Å². The van der Waals surface area contributed by atoms with Crippen molar-refractivity contribution >= 4 is 0 Å². The average molecular weight is 645 g/mol. The normalized spacial score (nSPS) is 21.3. The van der Waals surface area contributed by atoms with Crippen LogP contribution in [0, 0.1) is 6.07 Å². The van der Waals surface area contributed by atoms with Crippen molar-refractivity contribution < 1.29 is 40.7 Å². The summed E-state index contributed by atoms with van der Waals surface area (Å²) in [5.74, 6) is 0. The number of ether oxygens (including phenoxy) is 5. The van der Waals surface area contributed by atoms with Crippen LogP contribution in [0.5, 0.6) is 0 Å². The largest absolute Gasteiger partial charge is 1.00 e. The minimum atomic E-state index is -0.638. The van der Waals surface area contributed by atoms with E-state index < -0.39 is 30.6 Å². The quantitative estimate of drug-likeness (QED) is 0.220. The Morgan fingerprint density at radius 1 is 0.558 bits per heavy atom. The Labute approximate surface area is 265 Å². The van der Waals surface area contributed by atoms with Crippen LogP contribution in [0.2, 0.25) is 0 Å². The van der Waals surface area contributed by atoms with Gasteiger partial charge in [0.2, 0.25) is 0 Å². The Bertz CT molecular complexity index is 1380. The molecule has 1 heterocycles. The first kappa shape index (κ1) is 32.6. The number of rotatable bonds is 13. The molecular weight excluding hydrogens is 606 g/mol. The van der Waals surface area contributed by atoms with Crippen molar-refractivity contribution in [3.63, 3.8) is 0 Å². The van der Waals surface area contributed by atoms with Crippen molar-refractivity contribution in [2.75, 3.05) is 6.61 Å². The Balaban J connectivity index is 0.00000423. The van der Waals surface area contributed by atoms with Crippen LogP contribution in [0.3, 0.4) is 0 Å². The molecule has 0 aromatic heterocycles. The molecule has 1 aliphatic heterocycles. The first-order valence-corrected chi connectivity index (χ1v) is 14.4. The van der Waals surface area contributed by atoms with E-state index >= 15 is 0 Å². The SMILES string of the molecule is CC#[N+][C@H]1O[C@H](COCc2ccccc2)[C@@H](OCc2ccccc2)[C@H](OCc2ccccc2)[C@@H]1OCc1ccccc1.[Br-]. The van der Waals surface area contributed by atoms with E-state index in [-0.39, 0.29) is 17.0 Å². The van der Waals surface area contributed by atoms with Crippen LogP contribution in [0.4, 0.5) is 0 Å². The van der Waals surface area contributed by atoms with Gasteiger partial charge < -0.3 is 35.9 Å². The van der Waals surface area contributed by atoms with E-state index in [1.165, 1.54) is 0 Å². The summed E-state index contributed by atoms with van der Waals surface area (Å²) in [6.45, 7) is 3.71. The van der Waals surface area contributed by atoms with Crippen LogP contribution in [0.25, 0.3) is 4.85 Å². The van der Waals surface area contributed by atoms with Gasteiger partial charge in [0.25, 0.3) is 6.07 Å². The lowest BCUT2D eigenvalue weighted by Crippen LogP contribution is -3.00. The molecule has 0 spiro atoms. The molecule has 43 heavy (non-hydrogen) atoms. The number of benzene rings is 4. The first-order chi connectivity index (χ1) is 20.8. The van der Waals surface area contributed by atoms with Crippen molar-refractivity contribution in [1.82, 2.24) is 0 Å². The summed E-state index contributed by atoms with van der Waals surface area (Å²) in [5, 5.41) is 0. The summed E-state index contributed by atoms with van der Waals surface area (Å²) in [6.07, 6.45) is -2.58. The van der Waals surface area contributed by atoms with Gasteiger partial charge in [-0.2, -0.15) is 0 Å². The fourth-order valence-corrected chi connectivity index (χ4v) is 5.00. The van der Waals surface area contributed by atoms with Gasteiger partial charge in [-0.1, -0.05) is 121 Å². The second kappa shape index (κ2) is 17.7. The van der Waals surface area contributed by atoms with Gasteiger partial charge in [0.1, 0.15) is 18.3 Å². The van der Waals surface area contributed by atoms with Crippen LogP contribution >= 0.6 is 0 Å². The highest BCUT2D eigenvalue weighted by atomic mass is 79.9. The van der Waals surface area contributed by atoms with Gasteiger partial charge in [-0.3, -0.25) is 4.74 Å². The minimum Gasteiger partial charge on any atom is -1.00 e. The molecule has 1 saturated heterocycles. The van der Waals surface area contributed by atoms with Gasteiger partial charge >= 0.3 is 6.23 Å². The molecule has 0 bridgehead atoms. The lowest BCUT2D eigenvalue weighted by Gasteiger charge is -2.41. The number of nitrogens with zero attached hydrogens (tertiary/aromatic N) is 1. The minimum absolute atomic E-state index is 0. The van der Waals surface area contributed by atoms with Gasteiger partial charge in [-0.05, 0) is 27.1 Å². The van der Waals surface area contributed by atoms with Gasteiger partial charge in [0.05, 0.1) is 40.0 Å². The Kier molecular flexibility index (Phi) is 13.4. The van der Waals surface area contributed by atoms with Gasteiger partial charge in [-0.25, -0.2) is 0 Å². The van der Waals surface area contributed by atoms with E-state index in [1.54, 1.807) is 6.92 Å². The Hall–Kier alpha value is -3.35. The Morgan fingerprint density at radius 2 is 0.953 bits per heavy atom. The second-order valence-electron chi connectivity index (χ2n) is 10.2. The van der Waals surface area contributed by atoms with Crippen LogP contribution in [-0.4, -0.2) is 37.3 Å². The van der Waals surface area contributed by atoms with Crippen molar-refractivity contribution in [2.45, 2.75) is 64.0 Å². The zero-order valence-electron chi connectivity index (χ0n) is 24.3. The maximum atomic E-state index is 6.67. The molecule has 7 heteroatoms. The van der Waals surface area contributed by atoms with Crippen molar-refractivity contribution in [2.24, 2.45) is 0 Å². The van der Waals surface area contributed by atoms with Crippen molar-refractivity contribution in [3.8, 4) is 6.07 Å². The highest BCUT2D eigenvalue weighted by Crippen LogP contribution is 2.31. The third kappa shape index (κ3) is 9.84. The van der Waals surface area contributed by atoms with Crippen LogP contribution in [-0.2, 0) is 50.1 Å². The third-order valence-electron chi connectivity index (χ3n) is 7.12. The lowest BCUT2D eigenvalue weighted by molar-refractivity contribution is -0.263. The smallest absolute Gasteiger partial charge is 0.405 e. The topological polar surface area (TPSA) is 50.5 Å². The molecule has 0 radical (unpaired) electrons. The maximum absolute atomic E-state index is 6.67. The molecular formula is C36H38BrNO5. The summed E-state index contributed by atoms with van der Waals surface area (Å²) in [4.78, 5) is 4.56. The lowest BCUT2D eigenvalue weighted by atomic mass is 9.97. The predicted molar refractivity (Wildman–Crippen MR) is 163 cm³/mol. The molecule has 224 valence electrons. The summed E-state index contributed by atoms with van der Waals surface area (Å²) in [5.41, 5.74) is 4.27. The van der Waals surface area contributed by atoms with Crippen LogP contribution < -0.4 is 17.0 Å². The molecule has 0 amide bonds. The molecule has 4 aromatic rings. The molecule has 1 aliphatic rings. The highest BCUT2D eigenvalue weighted by Gasteiger charge is 2.53. The molecule has 4 aromatic carbocycles. The summed E-state index contributed by atoms with van der Waals surface area (Å²) < 4.78 is 32.6. The van der Waals surface area contributed by atoms with Gasteiger partial charge in [-0.15, -0.1) is 0 Å². The standard InChI is InChI=1S/C36H38NO5.BrH/c1-2-37-36-35(41-26-31-21-13-6-14-22-31)34(40-25-30-19-11-5-12-20-30)33(39-24-29-17-9-4-10-18-29)32(42-36)27-38-23-28-15-7-3-8-16-28;/h3-22,32-36H,23-27H2,1H3;1H/q+1;/p-1/t32-,33-,34+,35+,36+;/m1./s1. The fourth-order valence-electron chi connectivity index (χ4n) is 5.00. The molecule has 1 fully saturated rings. The number of hydrogen-bond donors (Lipinski definition) is 0. The molecule has 6 nitrogen and oxygen atoms in total. The van der Waals surface area contributed by atoms with Crippen LogP contribution in [0.1, 0.15) is 29.2 Å². The zero-order chi connectivity index (χ0) is 28.8.